The normalized spacial score (nSPS) is 10.8. The van der Waals surface area contributed by atoms with Crippen molar-refractivity contribution in [1.82, 2.24) is 20.0 Å². The molecule has 1 heterocycles. The second-order valence-electron chi connectivity index (χ2n) is 6.55. The molecule has 0 fully saturated rings. The summed E-state index contributed by atoms with van der Waals surface area (Å²) in [4.78, 5) is 36.6. The van der Waals surface area contributed by atoms with Gasteiger partial charge in [0.05, 0.1) is 11.0 Å². The number of fused-ring (bicyclic) bond motifs is 1. The van der Waals surface area contributed by atoms with Crippen LogP contribution in [-0.4, -0.2) is 20.9 Å². The molecule has 0 spiro atoms. The molecule has 3 rings (SSSR count). The van der Waals surface area contributed by atoms with Gasteiger partial charge in [-0.15, -0.1) is 0 Å². The van der Waals surface area contributed by atoms with Crippen LogP contribution in [0.15, 0.2) is 47.3 Å². The lowest BCUT2D eigenvalue weighted by Crippen LogP contribution is -2.42. The average Bonchev–Trinajstić information content (AvgIpc) is 2.89. The lowest BCUT2D eigenvalue weighted by atomic mass is 10.1. The first-order valence-electron chi connectivity index (χ1n) is 8.69. The number of carbonyl (C=O) groups is 2. The summed E-state index contributed by atoms with van der Waals surface area (Å²) in [6, 6.07) is 12.9. The maximum atomic E-state index is 12.3. The van der Waals surface area contributed by atoms with Crippen LogP contribution in [0.5, 0.6) is 0 Å². The van der Waals surface area contributed by atoms with Gasteiger partial charge >= 0.3 is 5.69 Å². The average molecular weight is 366 g/mol. The second kappa shape index (κ2) is 7.49. The van der Waals surface area contributed by atoms with Gasteiger partial charge in [0.2, 0.25) is 5.91 Å². The van der Waals surface area contributed by atoms with E-state index in [1.807, 2.05) is 50.2 Å². The Hall–Kier alpha value is -3.35. The first kappa shape index (κ1) is 18.4. The summed E-state index contributed by atoms with van der Waals surface area (Å²) < 4.78 is 3.11. The molecule has 0 radical (unpaired) electrons. The van der Waals surface area contributed by atoms with Gasteiger partial charge in [-0.1, -0.05) is 29.8 Å². The molecular weight excluding hydrogens is 344 g/mol. The second-order valence-corrected chi connectivity index (χ2v) is 6.55. The molecule has 0 saturated carbocycles. The molecule has 1 aromatic heterocycles. The van der Waals surface area contributed by atoms with Crippen LogP contribution >= 0.6 is 0 Å². The summed E-state index contributed by atoms with van der Waals surface area (Å²) in [7, 11) is 1.70. The molecule has 7 nitrogen and oxygen atoms in total. The zero-order valence-corrected chi connectivity index (χ0v) is 15.6. The highest BCUT2D eigenvalue weighted by Crippen LogP contribution is 2.12. The Balaban J connectivity index is 1.62. The fraction of sp³-hybridized carbons (Fsp3) is 0.250. The van der Waals surface area contributed by atoms with E-state index in [0.29, 0.717) is 5.56 Å². The Bertz CT molecular complexity index is 1080. The zero-order chi connectivity index (χ0) is 19.6. The number of hydrogen-bond donors (Lipinski definition) is 2. The third-order valence-electron chi connectivity index (χ3n) is 4.56. The van der Waals surface area contributed by atoms with Crippen LogP contribution in [0.25, 0.3) is 11.0 Å². The predicted octanol–water partition coefficient (Wildman–Crippen LogP) is 1.81. The van der Waals surface area contributed by atoms with Crippen molar-refractivity contribution in [3.63, 3.8) is 0 Å². The molecule has 0 unspecified atom stereocenters. The number of rotatable bonds is 4. The largest absolute Gasteiger partial charge is 0.328 e. The number of hydrazine groups is 1. The first-order valence-corrected chi connectivity index (χ1v) is 8.69. The number of hydrogen-bond acceptors (Lipinski definition) is 3. The molecule has 0 bridgehead atoms. The van der Waals surface area contributed by atoms with Gasteiger partial charge in [0.1, 0.15) is 0 Å². The van der Waals surface area contributed by atoms with Crippen LogP contribution in [0.4, 0.5) is 0 Å². The third-order valence-corrected chi connectivity index (χ3v) is 4.56. The fourth-order valence-electron chi connectivity index (χ4n) is 3.12. The molecule has 27 heavy (non-hydrogen) atoms. The maximum Gasteiger partial charge on any atom is 0.328 e. The van der Waals surface area contributed by atoms with Crippen molar-refractivity contribution < 1.29 is 9.59 Å². The van der Waals surface area contributed by atoms with E-state index in [-0.39, 0.29) is 30.5 Å². The number of nitrogens with zero attached hydrogens (tertiary/aromatic N) is 2. The van der Waals surface area contributed by atoms with Gasteiger partial charge in [-0.05, 0) is 37.6 Å². The third kappa shape index (κ3) is 3.76. The Kier molecular flexibility index (Phi) is 5.12. The van der Waals surface area contributed by atoms with Crippen molar-refractivity contribution >= 4 is 22.8 Å². The van der Waals surface area contributed by atoms with Gasteiger partial charge in [-0.2, -0.15) is 0 Å². The molecule has 0 aliphatic rings. The summed E-state index contributed by atoms with van der Waals surface area (Å²) in [6.45, 7) is 4.02. The van der Waals surface area contributed by atoms with Crippen LogP contribution in [0.3, 0.4) is 0 Å². The van der Waals surface area contributed by atoms with Crippen LogP contribution in [0.1, 0.15) is 27.9 Å². The molecule has 2 N–H and O–H groups in total. The lowest BCUT2D eigenvalue weighted by Gasteiger charge is -2.10. The first-order chi connectivity index (χ1) is 12.9. The number of nitrogens with one attached hydrogen (secondary N) is 2. The Labute approximate surface area is 156 Å². The maximum absolute atomic E-state index is 12.3. The Morgan fingerprint density at radius 1 is 1.00 bits per heavy atom. The van der Waals surface area contributed by atoms with E-state index < -0.39 is 0 Å². The van der Waals surface area contributed by atoms with E-state index in [4.69, 9.17) is 0 Å². The summed E-state index contributed by atoms with van der Waals surface area (Å²) in [5.41, 5.74) is 8.64. The minimum absolute atomic E-state index is 0.0705. The van der Waals surface area contributed by atoms with E-state index in [2.05, 4.69) is 10.9 Å². The molecule has 0 aliphatic carbocycles. The molecule has 140 valence electrons. The molecular formula is C20H22N4O3. The summed E-state index contributed by atoms with van der Waals surface area (Å²) in [5.74, 6) is -0.740. The smallest absolute Gasteiger partial charge is 0.295 e. The van der Waals surface area contributed by atoms with Crippen molar-refractivity contribution in [3.8, 4) is 0 Å². The quantitative estimate of drug-likeness (QED) is 0.691. The Morgan fingerprint density at radius 2 is 1.70 bits per heavy atom. The van der Waals surface area contributed by atoms with Crippen molar-refractivity contribution in [2.45, 2.75) is 26.8 Å². The van der Waals surface area contributed by atoms with E-state index >= 15 is 0 Å². The van der Waals surface area contributed by atoms with E-state index in [9.17, 15) is 14.4 Å². The molecule has 7 heteroatoms. The lowest BCUT2D eigenvalue weighted by molar-refractivity contribution is -0.122. The van der Waals surface area contributed by atoms with Gasteiger partial charge in [-0.3, -0.25) is 29.6 Å². The standard InChI is InChI=1S/C20H22N4O3/c1-13-8-9-15(14(2)12-13)19(26)22-21-18(25)10-11-24-17-7-5-4-6-16(17)23(3)20(24)27/h4-9,12H,10-11H2,1-3H3,(H,21,25)(H,22,26). The summed E-state index contributed by atoms with van der Waals surface area (Å²) in [6.07, 6.45) is 0.0705. The number of amides is 2. The van der Waals surface area contributed by atoms with E-state index in [1.54, 1.807) is 22.2 Å². The van der Waals surface area contributed by atoms with Crippen LogP contribution in [0.2, 0.25) is 0 Å². The molecule has 0 atom stereocenters. The molecule has 0 aliphatic heterocycles. The van der Waals surface area contributed by atoms with Crippen LogP contribution in [-0.2, 0) is 18.4 Å². The van der Waals surface area contributed by atoms with Gasteiger partial charge in [0.15, 0.2) is 0 Å². The number of aryl methyl sites for hydroxylation is 4. The minimum atomic E-state index is -0.372. The predicted molar refractivity (Wildman–Crippen MR) is 103 cm³/mol. The summed E-state index contributed by atoms with van der Waals surface area (Å²) >= 11 is 0. The fourth-order valence-corrected chi connectivity index (χ4v) is 3.12. The number of imidazole rings is 1. The van der Waals surface area contributed by atoms with Gasteiger partial charge < -0.3 is 0 Å². The van der Waals surface area contributed by atoms with Crippen LogP contribution in [0, 0.1) is 13.8 Å². The van der Waals surface area contributed by atoms with Gasteiger partial charge in [0, 0.05) is 25.6 Å². The molecule has 3 aromatic rings. The van der Waals surface area contributed by atoms with E-state index in [1.165, 1.54) is 0 Å². The monoisotopic (exact) mass is 366 g/mol. The highest BCUT2D eigenvalue weighted by atomic mass is 16.2. The van der Waals surface area contributed by atoms with Crippen molar-refractivity contribution in [2.24, 2.45) is 7.05 Å². The van der Waals surface area contributed by atoms with E-state index in [0.717, 1.165) is 22.2 Å². The minimum Gasteiger partial charge on any atom is -0.295 e. The van der Waals surface area contributed by atoms with Crippen molar-refractivity contribution in [2.75, 3.05) is 0 Å². The Morgan fingerprint density at radius 3 is 2.41 bits per heavy atom. The SMILES string of the molecule is Cc1ccc(C(=O)NNC(=O)CCn2c(=O)n(C)c3ccccc32)c(C)c1. The topological polar surface area (TPSA) is 85.1 Å². The van der Waals surface area contributed by atoms with Crippen molar-refractivity contribution in [1.29, 1.82) is 0 Å². The van der Waals surface area contributed by atoms with Crippen molar-refractivity contribution in [3.05, 3.63) is 69.6 Å². The molecule has 2 amide bonds. The number of aromatic nitrogens is 2. The molecule has 0 saturated heterocycles. The zero-order valence-electron chi connectivity index (χ0n) is 15.6. The highest BCUT2D eigenvalue weighted by Gasteiger charge is 2.13. The number of benzene rings is 2. The molecule has 2 aromatic carbocycles. The van der Waals surface area contributed by atoms with Gasteiger partial charge in [-0.25, -0.2) is 4.79 Å². The van der Waals surface area contributed by atoms with Crippen LogP contribution < -0.4 is 16.5 Å². The van der Waals surface area contributed by atoms with Gasteiger partial charge in [0.25, 0.3) is 5.91 Å². The number of para-hydroxylation sites is 2. The number of carbonyl (C=O) groups excluding carboxylic acids is 2. The summed E-state index contributed by atoms with van der Waals surface area (Å²) in [5, 5.41) is 0. The highest BCUT2D eigenvalue weighted by molar-refractivity contribution is 5.96.